The monoisotopic (exact) mass is 619 g/mol. The molecule has 43 heavy (non-hydrogen) atoms. The number of halogens is 3. The number of sulfonamides is 1. The SMILES string of the molecule is CS(=O)(=O)N1CCc2c(c(-c3ccc(C(F)(F)F)cc3)nn2C[C@@H](O)CN2CCC(c3c[nH]c4cc[n+](O)cc34)CC2)C1. The van der Waals surface area contributed by atoms with E-state index in [0.717, 1.165) is 65.6 Å². The number of likely N-dealkylation sites (tertiary alicyclic amines) is 1. The van der Waals surface area contributed by atoms with Gasteiger partial charge >= 0.3 is 6.18 Å². The Labute approximate surface area is 247 Å². The van der Waals surface area contributed by atoms with Gasteiger partial charge < -0.3 is 15.0 Å². The molecular formula is C29H34F3N6O4S+. The van der Waals surface area contributed by atoms with Gasteiger partial charge in [0.1, 0.15) is 0 Å². The lowest BCUT2D eigenvalue weighted by Gasteiger charge is -2.33. The molecule has 1 saturated heterocycles. The standard InChI is InChI=1S/C29H33F3N6O4S/c1-43(41,42)37-13-9-27-25(18-37)28(20-2-4-21(5-3-20)29(30,31)32)34-38(27)16-22(39)15-35-10-6-19(7-11-35)23-14-33-26-8-12-36(40)17-24(23)26/h2-5,8,12,14,17,19,22,39-40H,6-7,9-11,13,15-16,18H2,1H3/p+1/t22-/m0/s1. The van der Waals surface area contributed by atoms with E-state index in [1.165, 1.54) is 22.0 Å². The Hall–Kier alpha value is -3.46. The highest BCUT2D eigenvalue weighted by molar-refractivity contribution is 7.88. The highest BCUT2D eigenvalue weighted by Gasteiger charge is 2.33. The van der Waals surface area contributed by atoms with Crippen molar-refractivity contribution < 1.29 is 36.6 Å². The Morgan fingerprint density at radius 3 is 2.51 bits per heavy atom. The Kier molecular flexibility index (Phi) is 7.73. The lowest BCUT2D eigenvalue weighted by atomic mass is 9.89. The number of alkyl halides is 3. The van der Waals surface area contributed by atoms with Crippen LogP contribution in [0.3, 0.4) is 0 Å². The predicted molar refractivity (Wildman–Crippen MR) is 152 cm³/mol. The lowest BCUT2D eigenvalue weighted by molar-refractivity contribution is -0.904. The van der Waals surface area contributed by atoms with Crippen molar-refractivity contribution in [3.8, 4) is 11.3 Å². The average Bonchev–Trinajstić information content (AvgIpc) is 3.53. The number of β-amino-alcohol motifs (C(OH)–C–C–N with tert-alkyl or cyclic N) is 1. The Morgan fingerprint density at radius 1 is 1.12 bits per heavy atom. The first-order chi connectivity index (χ1) is 20.4. The zero-order valence-electron chi connectivity index (χ0n) is 23.6. The molecule has 0 aliphatic carbocycles. The van der Waals surface area contributed by atoms with Crippen LogP contribution in [0.5, 0.6) is 0 Å². The number of aromatic amines is 1. The van der Waals surface area contributed by atoms with Gasteiger partial charge in [-0.25, -0.2) is 8.42 Å². The number of fused-ring (bicyclic) bond motifs is 2. The van der Waals surface area contributed by atoms with Crippen LogP contribution in [0.2, 0.25) is 0 Å². The molecule has 0 saturated carbocycles. The molecule has 2 aliphatic rings. The van der Waals surface area contributed by atoms with Crippen molar-refractivity contribution in [2.75, 3.05) is 32.4 Å². The normalized spacial score (nSPS) is 18.3. The minimum Gasteiger partial charge on any atom is -0.390 e. The van der Waals surface area contributed by atoms with E-state index in [4.69, 9.17) is 5.10 Å². The summed E-state index contributed by atoms with van der Waals surface area (Å²) in [5.41, 5.74) is 3.67. The van der Waals surface area contributed by atoms with Crippen LogP contribution in [0.1, 0.15) is 41.1 Å². The molecule has 0 radical (unpaired) electrons. The van der Waals surface area contributed by atoms with E-state index in [9.17, 15) is 31.9 Å². The Morgan fingerprint density at radius 2 is 1.84 bits per heavy atom. The summed E-state index contributed by atoms with van der Waals surface area (Å²) in [7, 11) is -3.49. The summed E-state index contributed by atoms with van der Waals surface area (Å²) in [4.78, 5) is 5.48. The second kappa shape index (κ2) is 11.2. The number of H-pyrrole nitrogens is 1. The summed E-state index contributed by atoms with van der Waals surface area (Å²) >= 11 is 0. The maximum Gasteiger partial charge on any atom is 0.416 e. The molecule has 3 N–H and O–H groups in total. The van der Waals surface area contributed by atoms with E-state index < -0.39 is 27.9 Å². The number of pyridine rings is 1. The van der Waals surface area contributed by atoms with Crippen LogP contribution < -0.4 is 4.73 Å². The van der Waals surface area contributed by atoms with Crippen molar-refractivity contribution in [2.24, 2.45) is 0 Å². The van der Waals surface area contributed by atoms with Gasteiger partial charge in [0.15, 0.2) is 0 Å². The van der Waals surface area contributed by atoms with Gasteiger partial charge in [-0.2, -0.15) is 22.6 Å². The fourth-order valence-corrected chi connectivity index (χ4v) is 7.13. The van der Waals surface area contributed by atoms with Crippen LogP contribution in [0, 0.1) is 0 Å². The van der Waals surface area contributed by atoms with Crippen molar-refractivity contribution in [2.45, 2.75) is 50.6 Å². The van der Waals surface area contributed by atoms with Gasteiger partial charge in [0, 0.05) is 59.9 Å². The maximum absolute atomic E-state index is 13.2. The maximum atomic E-state index is 13.2. The fraction of sp³-hybridized carbons (Fsp3) is 0.448. The van der Waals surface area contributed by atoms with E-state index in [2.05, 4.69) is 9.88 Å². The van der Waals surface area contributed by atoms with E-state index >= 15 is 0 Å². The topological polar surface area (TPSA) is 119 Å². The van der Waals surface area contributed by atoms with Crippen LogP contribution in [-0.4, -0.2) is 81.2 Å². The molecule has 14 heteroatoms. The molecule has 3 aromatic heterocycles. The van der Waals surface area contributed by atoms with E-state index in [0.29, 0.717) is 35.7 Å². The first-order valence-corrected chi connectivity index (χ1v) is 16.0. The number of aliphatic hydroxyl groups is 1. The van der Waals surface area contributed by atoms with E-state index in [-0.39, 0.29) is 19.6 Å². The molecule has 10 nitrogen and oxygen atoms in total. The molecule has 5 heterocycles. The van der Waals surface area contributed by atoms with E-state index in [1.54, 1.807) is 17.1 Å². The zero-order valence-corrected chi connectivity index (χ0v) is 24.4. The van der Waals surface area contributed by atoms with Crippen LogP contribution in [0.25, 0.3) is 22.2 Å². The third kappa shape index (κ3) is 6.14. The van der Waals surface area contributed by atoms with E-state index in [1.807, 2.05) is 12.3 Å². The molecule has 1 fully saturated rings. The highest BCUT2D eigenvalue weighted by Crippen LogP contribution is 2.35. The summed E-state index contributed by atoms with van der Waals surface area (Å²) in [6, 6.07) is 6.52. The third-order valence-electron chi connectivity index (χ3n) is 8.57. The van der Waals surface area contributed by atoms with Crippen molar-refractivity contribution in [1.29, 1.82) is 0 Å². The number of piperidine rings is 1. The average molecular weight is 620 g/mol. The summed E-state index contributed by atoms with van der Waals surface area (Å²) in [5, 5.41) is 26.6. The second-order valence-corrected chi connectivity index (χ2v) is 13.5. The van der Waals surface area contributed by atoms with Crippen LogP contribution in [-0.2, 0) is 35.7 Å². The number of hydrogen-bond donors (Lipinski definition) is 3. The third-order valence-corrected chi connectivity index (χ3v) is 9.82. The van der Waals surface area contributed by atoms with Gasteiger partial charge in [0.25, 0.3) is 0 Å². The first kappa shape index (κ1) is 29.6. The molecule has 0 bridgehead atoms. The van der Waals surface area contributed by atoms with Crippen LogP contribution >= 0.6 is 0 Å². The Bertz CT molecular complexity index is 1730. The van der Waals surface area contributed by atoms with Gasteiger partial charge in [-0.05, 0) is 49.5 Å². The molecule has 1 atom stereocenters. The van der Waals surface area contributed by atoms with Crippen molar-refractivity contribution in [1.82, 2.24) is 24.0 Å². The Balaban J connectivity index is 1.16. The zero-order chi connectivity index (χ0) is 30.5. The van der Waals surface area contributed by atoms with Crippen molar-refractivity contribution in [3.63, 3.8) is 0 Å². The smallest absolute Gasteiger partial charge is 0.390 e. The second-order valence-electron chi connectivity index (χ2n) is 11.5. The number of hydrogen-bond acceptors (Lipinski definition) is 6. The summed E-state index contributed by atoms with van der Waals surface area (Å²) < 4.78 is 68.1. The number of aliphatic hydroxyl groups excluding tert-OH is 1. The molecule has 4 aromatic rings. The predicted octanol–water partition coefficient (Wildman–Crippen LogP) is 3.13. The lowest BCUT2D eigenvalue weighted by Crippen LogP contribution is -2.40. The minimum absolute atomic E-state index is 0.0677. The quantitative estimate of drug-likeness (QED) is 0.216. The largest absolute Gasteiger partial charge is 0.416 e. The molecule has 0 amide bonds. The van der Waals surface area contributed by atoms with Crippen molar-refractivity contribution >= 4 is 20.9 Å². The van der Waals surface area contributed by atoms with Gasteiger partial charge in [0.2, 0.25) is 22.4 Å². The fourth-order valence-electron chi connectivity index (χ4n) is 6.34. The van der Waals surface area contributed by atoms with Gasteiger partial charge in [-0.15, -0.1) is 0 Å². The molecule has 0 unspecified atom stereocenters. The number of nitrogens with one attached hydrogen (secondary N) is 1. The molecule has 2 aliphatic heterocycles. The molecular weight excluding hydrogens is 585 g/mol. The molecule has 0 spiro atoms. The number of aromatic nitrogens is 4. The molecule has 230 valence electrons. The summed E-state index contributed by atoms with van der Waals surface area (Å²) in [5.74, 6) is 0.326. The molecule has 1 aromatic carbocycles. The van der Waals surface area contributed by atoms with Crippen molar-refractivity contribution in [3.05, 3.63) is 71.3 Å². The first-order valence-electron chi connectivity index (χ1n) is 14.2. The van der Waals surface area contributed by atoms with Gasteiger partial charge in [-0.1, -0.05) is 12.1 Å². The number of nitrogens with zero attached hydrogens (tertiary/aromatic N) is 5. The van der Waals surface area contributed by atoms with Gasteiger partial charge in [-0.3, -0.25) is 9.89 Å². The minimum atomic E-state index is -4.47. The molecule has 6 rings (SSSR count). The van der Waals surface area contributed by atoms with Crippen LogP contribution in [0.4, 0.5) is 13.2 Å². The summed E-state index contributed by atoms with van der Waals surface area (Å²) in [6.07, 6.45) is 3.37. The number of rotatable bonds is 7. The van der Waals surface area contributed by atoms with Crippen LogP contribution in [0.15, 0.2) is 48.9 Å². The number of benzene rings is 1. The highest BCUT2D eigenvalue weighted by atomic mass is 32.2. The van der Waals surface area contributed by atoms with Gasteiger partial charge in [0.05, 0.1) is 41.1 Å². The summed E-state index contributed by atoms with van der Waals surface area (Å²) in [6.45, 7) is 2.52.